The van der Waals surface area contributed by atoms with Gasteiger partial charge in [0.1, 0.15) is 23.8 Å². The van der Waals surface area contributed by atoms with E-state index in [9.17, 15) is 4.79 Å². The number of carbonyl (C=O) groups excluding carboxylic acids is 1. The zero-order valence-electron chi connectivity index (χ0n) is 23.6. The van der Waals surface area contributed by atoms with Crippen LogP contribution in [0.3, 0.4) is 0 Å². The highest BCUT2D eigenvalue weighted by atomic mass is 35.5. The Morgan fingerprint density at radius 2 is 1.77 bits per heavy atom. The number of aryl methyl sites for hydroxylation is 1. The number of carbonyl (C=O) groups is 1. The molecule has 5 aromatic rings. The van der Waals surface area contributed by atoms with E-state index in [-0.39, 0.29) is 12.6 Å². The maximum absolute atomic E-state index is 12.1. The molecule has 0 bridgehead atoms. The molecule has 1 saturated carbocycles. The number of aromatic nitrogens is 2. The van der Waals surface area contributed by atoms with Gasteiger partial charge in [0.05, 0.1) is 33.8 Å². The molecule has 0 unspecified atom stereocenters. The van der Waals surface area contributed by atoms with Crippen LogP contribution in [-0.2, 0) is 18.4 Å². The summed E-state index contributed by atoms with van der Waals surface area (Å²) in [6.07, 6.45) is 3.93. The summed E-state index contributed by atoms with van der Waals surface area (Å²) in [5, 5.41) is 6.93. The molecule has 3 heterocycles. The lowest BCUT2D eigenvalue weighted by atomic mass is 9.90. The summed E-state index contributed by atoms with van der Waals surface area (Å²) in [7, 11) is 3.33. The fraction of sp³-hybridized carbons (Fsp3) is 0.273. The van der Waals surface area contributed by atoms with Crippen molar-refractivity contribution in [2.24, 2.45) is 7.05 Å². The quantitative estimate of drug-likeness (QED) is 0.159. The number of hydrogen-bond donors (Lipinski definition) is 0. The molecule has 1 saturated heterocycles. The molecule has 0 atom stereocenters. The van der Waals surface area contributed by atoms with Gasteiger partial charge in [-0.15, -0.1) is 0 Å². The third-order valence-corrected chi connectivity index (χ3v) is 9.34. The van der Waals surface area contributed by atoms with Crippen molar-refractivity contribution >= 4 is 57.4 Å². The molecule has 2 fully saturated rings. The predicted molar refractivity (Wildman–Crippen MR) is 169 cm³/mol. The molecule has 0 radical (unpaired) electrons. The number of hydrogen-bond acceptors (Lipinski definition) is 6. The van der Waals surface area contributed by atoms with Crippen LogP contribution in [0.4, 0.5) is 5.69 Å². The summed E-state index contributed by atoms with van der Waals surface area (Å²) in [5.41, 5.74) is 5.87. The fourth-order valence-corrected chi connectivity index (χ4v) is 6.76. The maximum Gasteiger partial charge on any atom is 0.340 e. The van der Waals surface area contributed by atoms with E-state index in [2.05, 4.69) is 16.1 Å². The molecule has 1 aliphatic carbocycles. The maximum atomic E-state index is 12.1. The van der Waals surface area contributed by atoms with Crippen LogP contribution < -0.4 is 9.64 Å². The summed E-state index contributed by atoms with van der Waals surface area (Å²) in [6, 6.07) is 17.4. The van der Waals surface area contributed by atoms with Gasteiger partial charge in [-0.05, 0) is 60.9 Å². The molecule has 0 amide bonds. The van der Waals surface area contributed by atoms with Crippen molar-refractivity contribution in [3.63, 3.8) is 0 Å². The van der Waals surface area contributed by atoms with E-state index in [0.717, 1.165) is 59.4 Å². The van der Waals surface area contributed by atoms with Gasteiger partial charge >= 0.3 is 5.97 Å². The van der Waals surface area contributed by atoms with Crippen LogP contribution in [0.2, 0.25) is 15.1 Å². The summed E-state index contributed by atoms with van der Waals surface area (Å²) in [4.78, 5) is 14.4. The van der Waals surface area contributed by atoms with E-state index in [1.807, 2.05) is 48.1 Å². The molecular weight excluding hydrogens is 609 g/mol. The highest BCUT2D eigenvalue weighted by molar-refractivity contribution is 6.39. The third-order valence-electron chi connectivity index (χ3n) is 8.39. The number of fused-ring (bicyclic) bond motifs is 1. The van der Waals surface area contributed by atoms with Crippen LogP contribution in [0.15, 0.2) is 65.3 Å². The second kappa shape index (κ2) is 11.1. The molecule has 220 valence electrons. The molecule has 0 spiro atoms. The molecule has 2 aliphatic rings. The van der Waals surface area contributed by atoms with Crippen LogP contribution in [0.5, 0.6) is 5.75 Å². The monoisotopic (exact) mass is 635 g/mol. The van der Waals surface area contributed by atoms with Crippen molar-refractivity contribution in [1.29, 1.82) is 0 Å². The number of benzene rings is 3. The van der Waals surface area contributed by atoms with E-state index in [1.54, 1.807) is 18.2 Å². The number of halogens is 3. The molecule has 0 N–H and O–H groups in total. The highest BCUT2D eigenvalue weighted by Crippen LogP contribution is 2.46. The Hall–Kier alpha value is -3.65. The number of nitrogens with zero attached hydrogens (tertiary/aromatic N) is 3. The van der Waals surface area contributed by atoms with Crippen molar-refractivity contribution in [2.75, 3.05) is 25.1 Å². The Morgan fingerprint density at radius 1 is 1.00 bits per heavy atom. The highest BCUT2D eigenvalue weighted by Gasteiger charge is 2.34. The van der Waals surface area contributed by atoms with Gasteiger partial charge in [-0.25, -0.2) is 4.79 Å². The average Bonchev–Trinajstić information content (AvgIpc) is 3.66. The molecular formula is C33H28Cl3N3O4. The minimum absolute atomic E-state index is 0.262. The van der Waals surface area contributed by atoms with Crippen molar-refractivity contribution < 1.29 is 18.8 Å². The summed E-state index contributed by atoms with van der Waals surface area (Å²) in [6.45, 7) is 1.94. The summed E-state index contributed by atoms with van der Waals surface area (Å²) < 4.78 is 18.9. The fourth-order valence-electron chi connectivity index (χ4n) is 5.86. The second-order valence-electron chi connectivity index (χ2n) is 11.2. The molecule has 10 heteroatoms. The SMILES string of the molecule is COC(=O)c1cn(C)c2cc(N3CC(c4ccc(OCc5c(-c6c(Cl)cccc6Cl)noc5C5CC5)cc4Cl)C3)ccc12. The summed E-state index contributed by atoms with van der Waals surface area (Å²) >= 11 is 19.8. The average molecular weight is 637 g/mol. The zero-order valence-corrected chi connectivity index (χ0v) is 25.8. The Bertz CT molecular complexity index is 1850. The van der Waals surface area contributed by atoms with Gasteiger partial charge in [-0.2, -0.15) is 0 Å². The standard InChI is InChI=1S/C33H28Cl3N3O4/c1-38-16-24(33(40)41-2)23-10-8-20(12-29(23)38)39-14-19(15-39)22-11-9-21(13-28(22)36)42-17-25-31(37-43-32(25)18-6-7-18)30-26(34)4-3-5-27(30)35/h3-5,8-13,16,18-19H,6-7,14-15,17H2,1-2H3. The lowest BCUT2D eigenvalue weighted by Crippen LogP contribution is -2.45. The Labute approximate surface area is 263 Å². The van der Waals surface area contributed by atoms with Crippen LogP contribution in [0.25, 0.3) is 22.2 Å². The molecule has 3 aromatic carbocycles. The van der Waals surface area contributed by atoms with Gasteiger partial charge in [0.15, 0.2) is 0 Å². The van der Waals surface area contributed by atoms with Crippen molar-refractivity contribution in [1.82, 2.24) is 9.72 Å². The minimum Gasteiger partial charge on any atom is -0.489 e. The van der Waals surface area contributed by atoms with Gasteiger partial charge in [0.25, 0.3) is 0 Å². The molecule has 43 heavy (non-hydrogen) atoms. The van der Waals surface area contributed by atoms with E-state index in [4.69, 9.17) is 48.8 Å². The normalized spacial score (nSPS) is 15.1. The van der Waals surface area contributed by atoms with E-state index >= 15 is 0 Å². The number of esters is 1. The Kier molecular flexibility index (Phi) is 7.28. The third kappa shape index (κ3) is 5.13. The van der Waals surface area contributed by atoms with Gasteiger partial charge < -0.3 is 23.5 Å². The number of anilines is 1. The molecule has 2 aromatic heterocycles. The lowest BCUT2D eigenvalue weighted by Gasteiger charge is -2.41. The Morgan fingerprint density at radius 3 is 2.47 bits per heavy atom. The molecule has 1 aliphatic heterocycles. The smallest absolute Gasteiger partial charge is 0.340 e. The number of methoxy groups -OCH3 is 1. The van der Waals surface area contributed by atoms with E-state index in [1.165, 1.54) is 7.11 Å². The van der Waals surface area contributed by atoms with Gasteiger partial charge in [0.2, 0.25) is 0 Å². The van der Waals surface area contributed by atoms with Crippen molar-refractivity contribution in [2.45, 2.75) is 31.3 Å². The Balaban J connectivity index is 1.05. The first-order chi connectivity index (χ1) is 20.8. The predicted octanol–water partition coefficient (Wildman–Crippen LogP) is 8.64. The van der Waals surface area contributed by atoms with E-state index in [0.29, 0.717) is 49.5 Å². The van der Waals surface area contributed by atoms with Crippen LogP contribution in [0.1, 0.15) is 51.9 Å². The van der Waals surface area contributed by atoms with Gasteiger partial charge in [0, 0.05) is 59.8 Å². The van der Waals surface area contributed by atoms with Gasteiger partial charge in [-0.1, -0.05) is 52.1 Å². The van der Waals surface area contributed by atoms with Crippen LogP contribution in [-0.4, -0.2) is 35.9 Å². The lowest BCUT2D eigenvalue weighted by molar-refractivity contribution is 0.0602. The minimum atomic E-state index is -0.334. The second-order valence-corrected chi connectivity index (χ2v) is 12.4. The number of ether oxygens (including phenoxy) is 2. The van der Waals surface area contributed by atoms with Crippen LogP contribution >= 0.6 is 34.8 Å². The van der Waals surface area contributed by atoms with Crippen LogP contribution in [0, 0.1) is 0 Å². The first kappa shape index (κ1) is 28.1. The van der Waals surface area contributed by atoms with E-state index < -0.39 is 0 Å². The summed E-state index contributed by atoms with van der Waals surface area (Å²) in [5.74, 6) is 1.80. The molecule has 7 rings (SSSR count). The first-order valence-electron chi connectivity index (χ1n) is 14.1. The van der Waals surface area contributed by atoms with Gasteiger partial charge in [-0.3, -0.25) is 0 Å². The number of rotatable bonds is 8. The zero-order chi connectivity index (χ0) is 29.8. The van der Waals surface area contributed by atoms with Crippen molar-refractivity contribution in [3.05, 3.63) is 98.3 Å². The largest absolute Gasteiger partial charge is 0.489 e. The molecule has 7 nitrogen and oxygen atoms in total. The first-order valence-corrected chi connectivity index (χ1v) is 15.2. The topological polar surface area (TPSA) is 69.7 Å². The van der Waals surface area contributed by atoms with Crippen molar-refractivity contribution in [3.8, 4) is 17.0 Å².